The lowest BCUT2D eigenvalue weighted by molar-refractivity contribution is 0.166. The zero-order valence-corrected chi connectivity index (χ0v) is 7.76. The van der Waals surface area contributed by atoms with E-state index in [4.69, 9.17) is 17.3 Å². The summed E-state index contributed by atoms with van der Waals surface area (Å²) in [5.41, 5.74) is 5.38. The number of halogens is 2. The van der Waals surface area contributed by atoms with Crippen LogP contribution in [-0.4, -0.2) is 11.7 Å². The number of aliphatic hydroxyl groups excluding tert-OH is 1. The minimum absolute atomic E-state index is 0.134. The van der Waals surface area contributed by atoms with Gasteiger partial charge in [0, 0.05) is 10.6 Å². The number of hydrogen-bond donors (Lipinski definition) is 2. The van der Waals surface area contributed by atoms with Gasteiger partial charge in [0.2, 0.25) is 0 Å². The highest BCUT2D eigenvalue weighted by Crippen LogP contribution is 2.27. The lowest BCUT2D eigenvalue weighted by Gasteiger charge is -2.11. The lowest BCUT2D eigenvalue weighted by atomic mass is 10.1. The van der Waals surface area contributed by atoms with Crippen LogP contribution in [0.3, 0.4) is 0 Å². The average Bonchev–Trinajstić information content (AvgIpc) is 2.04. The van der Waals surface area contributed by atoms with Crippen molar-refractivity contribution >= 4 is 11.6 Å². The number of benzene rings is 1. The van der Waals surface area contributed by atoms with Crippen molar-refractivity contribution in [3.05, 3.63) is 34.6 Å². The van der Waals surface area contributed by atoms with E-state index in [0.29, 0.717) is 13.0 Å². The zero-order chi connectivity index (χ0) is 9.84. The van der Waals surface area contributed by atoms with E-state index in [0.717, 1.165) is 0 Å². The summed E-state index contributed by atoms with van der Waals surface area (Å²) in [6, 6.07) is 4.30. The second kappa shape index (κ2) is 4.56. The molecule has 0 fully saturated rings. The first-order valence-corrected chi connectivity index (χ1v) is 4.36. The van der Waals surface area contributed by atoms with Gasteiger partial charge in [-0.25, -0.2) is 4.39 Å². The summed E-state index contributed by atoms with van der Waals surface area (Å²) in [5.74, 6) is -0.492. The molecule has 1 aromatic carbocycles. The summed E-state index contributed by atoms with van der Waals surface area (Å²) in [6.07, 6.45) is -0.612. The summed E-state index contributed by atoms with van der Waals surface area (Å²) in [6.45, 7) is 0.297. The van der Waals surface area contributed by atoms with Crippen LogP contribution < -0.4 is 5.73 Å². The Hall–Kier alpha value is -0.640. The Kier molecular flexibility index (Phi) is 3.66. The maximum absolute atomic E-state index is 13.1. The highest BCUT2D eigenvalue weighted by Gasteiger charge is 2.15. The fourth-order valence-electron chi connectivity index (χ4n) is 1.13. The molecule has 0 spiro atoms. The van der Waals surface area contributed by atoms with Gasteiger partial charge >= 0.3 is 0 Å². The van der Waals surface area contributed by atoms with Gasteiger partial charge in [0.25, 0.3) is 0 Å². The second-order valence-corrected chi connectivity index (χ2v) is 3.14. The Morgan fingerprint density at radius 2 is 2.23 bits per heavy atom. The van der Waals surface area contributed by atoms with E-state index >= 15 is 0 Å². The van der Waals surface area contributed by atoms with E-state index in [1.807, 2.05) is 0 Å². The predicted molar refractivity (Wildman–Crippen MR) is 50.0 cm³/mol. The standard InChI is InChI=1S/C9H11ClFNO/c10-6-2-1-3-7(11)9(6)8(13)4-5-12/h1-3,8,13H,4-5,12H2/t8-/m0/s1. The van der Waals surface area contributed by atoms with E-state index in [-0.39, 0.29) is 10.6 Å². The molecule has 1 atom stereocenters. The van der Waals surface area contributed by atoms with Crippen molar-refractivity contribution in [2.24, 2.45) is 5.73 Å². The summed E-state index contributed by atoms with van der Waals surface area (Å²) in [7, 11) is 0. The molecule has 0 aromatic heterocycles. The zero-order valence-electron chi connectivity index (χ0n) is 7.00. The first kappa shape index (κ1) is 10.4. The average molecular weight is 204 g/mol. The summed E-state index contributed by atoms with van der Waals surface area (Å²) in [5, 5.41) is 9.71. The molecule has 2 nitrogen and oxygen atoms in total. The monoisotopic (exact) mass is 203 g/mol. The van der Waals surface area contributed by atoms with Gasteiger partial charge in [-0.05, 0) is 25.1 Å². The molecule has 0 amide bonds. The van der Waals surface area contributed by atoms with Crippen LogP contribution in [0.5, 0.6) is 0 Å². The summed E-state index contributed by atoms with van der Waals surface area (Å²) in [4.78, 5) is 0. The maximum atomic E-state index is 13.1. The fourth-order valence-corrected chi connectivity index (χ4v) is 1.42. The van der Waals surface area contributed by atoms with Crippen molar-refractivity contribution < 1.29 is 9.50 Å². The van der Waals surface area contributed by atoms with E-state index in [1.54, 1.807) is 6.07 Å². The van der Waals surface area contributed by atoms with Gasteiger partial charge in [-0.3, -0.25) is 0 Å². The molecule has 0 saturated carbocycles. The first-order chi connectivity index (χ1) is 6.16. The molecule has 4 heteroatoms. The Bertz CT molecular complexity index is 273. The van der Waals surface area contributed by atoms with Gasteiger partial charge < -0.3 is 10.8 Å². The fraction of sp³-hybridized carbons (Fsp3) is 0.333. The Labute approximate surface area is 81.1 Å². The van der Waals surface area contributed by atoms with Crippen LogP contribution in [0.2, 0.25) is 5.02 Å². The molecule has 0 saturated heterocycles. The van der Waals surface area contributed by atoms with Crippen LogP contribution in [-0.2, 0) is 0 Å². The Balaban J connectivity index is 2.98. The van der Waals surface area contributed by atoms with Crippen molar-refractivity contribution in [2.45, 2.75) is 12.5 Å². The van der Waals surface area contributed by atoms with Crippen LogP contribution in [0, 0.1) is 5.82 Å². The number of rotatable bonds is 3. The van der Waals surface area contributed by atoms with Gasteiger partial charge in [-0.15, -0.1) is 0 Å². The third kappa shape index (κ3) is 2.40. The number of nitrogens with two attached hydrogens (primary N) is 1. The lowest BCUT2D eigenvalue weighted by Crippen LogP contribution is -2.08. The van der Waals surface area contributed by atoms with E-state index in [1.165, 1.54) is 12.1 Å². The molecule has 1 rings (SSSR count). The molecule has 0 aliphatic heterocycles. The number of aliphatic hydroxyl groups is 1. The minimum atomic E-state index is -0.918. The van der Waals surface area contributed by atoms with Gasteiger partial charge in [0.15, 0.2) is 0 Å². The third-order valence-corrected chi connectivity index (χ3v) is 2.10. The third-order valence-electron chi connectivity index (χ3n) is 1.77. The first-order valence-electron chi connectivity index (χ1n) is 3.99. The van der Waals surface area contributed by atoms with Crippen LogP contribution in [0.1, 0.15) is 18.1 Å². The van der Waals surface area contributed by atoms with Gasteiger partial charge in [-0.2, -0.15) is 0 Å². The van der Waals surface area contributed by atoms with Crippen LogP contribution in [0.4, 0.5) is 4.39 Å². The van der Waals surface area contributed by atoms with Crippen molar-refractivity contribution in [3.63, 3.8) is 0 Å². The highest BCUT2D eigenvalue weighted by atomic mass is 35.5. The second-order valence-electron chi connectivity index (χ2n) is 2.73. The van der Waals surface area contributed by atoms with Crippen molar-refractivity contribution in [2.75, 3.05) is 6.54 Å². The summed E-state index contributed by atoms with van der Waals surface area (Å²) < 4.78 is 13.1. The van der Waals surface area contributed by atoms with E-state index < -0.39 is 11.9 Å². The highest BCUT2D eigenvalue weighted by molar-refractivity contribution is 6.31. The molecule has 0 bridgehead atoms. The topological polar surface area (TPSA) is 46.2 Å². The Morgan fingerprint density at radius 1 is 1.54 bits per heavy atom. The Morgan fingerprint density at radius 3 is 2.77 bits per heavy atom. The molecule has 1 aromatic rings. The van der Waals surface area contributed by atoms with Crippen molar-refractivity contribution in [1.29, 1.82) is 0 Å². The molecule has 13 heavy (non-hydrogen) atoms. The smallest absolute Gasteiger partial charge is 0.130 e. The molecule has 0 heterocycles. The molecule has 0 aliphatic rings. The normalized spacial score (nSPS) is 12.9. The van der Waals surface area contributed by atoms with Crippen LogP contribution in [0.25, 0.3) is 0 Å². The van der Waals surface area contributed by atoms with Gasteiger partial charge in [0.05, 0.1) is 6.10 Å². The molecule has 0 aliphatic carbocycles. The molecular formula is C9H11ClFNO. The minimum Gasteiger partial charge on any atom is -0.388 e. The SMILES string of the molecule is NCC[C@H](O)c1c(F)cccc1Cl. The van der Waals surface area contributed by atoms with Gasteiger partial charge in [-0.1, -0.05) is 17.7 Å². The summed E-state index contributed by atoms with van der Waals surface area (Å²) >= 11 is 5.72. The quantitative estimate of drug-likeness (QED) is 0.788. The molecule has 0 unspecified atom stereocenters. The molecule has 72 valence electrons. The predicted octanol–water partition coefficient (Wildman–Crippen LogP) is 1.86. The van der Waals surface area contributed by atoms with Crippen molar-refractivity contribution in [1.82, 2.24) is 0 Å². The molecular weight excluding hydrogens is 193 g/mol. The van der Waals surface area contributed by atoms with E-state index in [2.05, 4.69) is 0 Å². The maximum Gasteiger partial charge on any atom is 0.130 e. The van der Waals surface area contributed by atoms with Gasteiger partial charge in [0.1, 0.15) is 5.82 Å². The van der Waals surface area contributed by atoms with Crippen molar-refractivity contribution in [3.8, 4) is 0 Å². The number of hydrogen-bond acceptors (Lipinski definition) is 2. The largest absolute Gasteiger partial charge is 0.388 e. The van der Waals surface area contributed by atoms with Crippen LogP contribution in [0.15, 0.2) is 18.2 Å². The van der Waals surface area contributed by atoms with Crippen LogP contribution >= 0.6 is 11.6 Å². The molecule has 3 N–H and O–H groups in total. The van der Waals surface area contributed by atoms with E-state index in [9.17, 15) is 9.50 Å². The molecule has 0 radical (unpaired) electrons.